The zero-order chi connectivity index (χ0) is 9.14. The lowest BCUT2D eigenvalue weighted by Gasteiger charge is -2.09. The Morgan fingerprint density at radius 1 is 1.50 bits per heavy atom. The minimum absolute atomic E-state index is 0.396. The van der Waals surface area contributed by atoms with Crippen molar-refractivity contribution in [3.05, 3.63) is 29.3 Å². The largest absolute Gasteiger partial charge is 0.768 e. The molecular formula is C9H11O2S-. The molecule has 0 spiro atoms. The summed E-state index contributed by atoms with van der Waals surface area (Å²) in [5.74, 6) is 0. The maximum Gasteiger partial charge on any atom is 0.0278 e. The average Bonchev–Trinajstić information content (AvgIpc) is 2.03. The van der Waals surface area contributed by atoms with Crippen LogP contribution in [0.5, 0.6) is 0 Å². The summed E-state index contributed by atoms with van der Waals surface area (Å²) in [7, 11) is 0. The fourth-order valence-corrected chi connectivity index (χ4v) is 1.62. The highest BCUT2D eigenvalue weighted by Gasteiger charge is 1.98. The monoisotopic (exact) mass is 183 g/mol. The molecule has 1 rings (SSSR count). The van der Waals surface area contributed by atoms with Crippen molar-refractivity contribution in [2.24, 2.45) is 0 Å². The summed E-state index contributed by atoms with van der Waals surface area (Å²) in [6, 6.07) is 5.40. The van der Waals surface area contributed by atoms with Gasteiger partial charge in [0.25, 0.3) is 0 Å². The molecule has 1 aromatic rings. The topological polar surface area (TPSA) is 40.1 Å². The Morgan fingerprint density at radius 3 is 2.58 bits per heavy atom. The summed E-state index contributed by atoms with van der Waals surface area (Å²) < 4.78 is 21.2. The van der Waals surface area contributed by atoms with Crippen molar-refractivity contribution >= 4 is 11.1 Å². The Balaban J connectivity index is 3.12. The van der Waals surface area contributed by atoms with E-state index in [1.807, 2.05) is 26.0 Å². The van der Waals surface area contributed by atoms with Crippen LogP contribution < -0.4 is 0 Å². The van der Waals surface area contributed by atoms with E-state index in [9.17, 15) is 8.76 Å². The van der Waals surface area contributed by atoms with Gasteiger partial charge in [-0.1, -0.05) is 19.1 Å². The van der Waals surface area contributed by atoms with Gasteiger partial charge < -0.3 is 4.55 Å². The second kappa shape index (κ2) is 3.83. The third-order valence-electron chi connectivity index (χ3n) is 1.83. The highest BCUT2D eigenvalue weighted by molar-refractivity contribution is 7.79. The molecule has 12 heavy (non-hydrogen) atoms. The molecule has 0 heterocycles. The molecule has 0 aliphatic carbocycles. The van der Waals surface area contributed by atoms with Gasteiger partial charge in [0.15, 0.2) is 0 Å². The fraction of sp³-hybridized carbons (Fsp3) is 0.333. The van der Waals surface area contributed by atoms with E-state index >= 15 is 0 Å². The Kier molecular flexibility index (Phi) is 3.00. The molecule has 0 fully saturated rings. The second-order valence-electron chi connectivity index (χ2n) is 2.69. The normalized spacial score (nSPS) is 12.9. The molecule has 0 aliphatic heterocycles. The van der Waals surface area contributed by atoms with Gasteiger partial charge in [0.2, 0.25) is 0 Å². The Morgan fingerprint density at radius 2 is 2.17 bits per heavy atom. The molecule has 0 N–H and O–H groups in total. The first-order valence-corrected chi connectivity index (χ1v) is 4.91. The summed E-state index contributed by atoms with van der Waals surface area (Å²) >= 11 is -2.10. The van der Waals surface area contributed by atoms with Crippen LogP contribution in [0.3, 0.4) is 0 Å². The lowest BCUT2D eigenvalue weighted by atomic mass is 10.1. The fourth-order valence-electron chi connectivity index (χ4n) is 1.12. The molecule has 0 aromatic heterocycles. The Hall–Kier alpha value is -0.670. The summed E-state index contributed by atoms with van der Waals surface area (Å²) in [4.78, 5) is 0.396. The predicted octanol–water partition coefficient (Wildman–Crippen LogP) is 1.80. The molecule has 0 bridgehead atoms. The zero-order valence-corrected chi connectivity index (χ0v) is 7.98. The van der Waals surface area contributed by atoms with Crippen LogP contribution in [0.2, 0.25) is 0 Å². The van der Waals surface area contributed by atoms with Crippen LogP contribution in [0.4, 0.5) is 0 Å². The number of benzene rings is 1. The molecule has 3 heteroatoms. The smallest absolute Gasteiger partial charge is 0.0278 e. The van der Waals surface area contributed by atoms with E-state index in [2.05, 4.69) is 0 Å². The molecular weight excluding hydrogens is 172 g/mol. The predicted molar refractivity (Wildman–Crippen MR) is 47.7 cm³/mol. The standard InChI is InChI=1S/C9H12O2S/c1-3-8-4-5-9(12(10)11)7(2)6-8/h4-6H,3H2,1-2H3,(H,10,11)/p-1. The Labute approximate surface area is 74.9 Å². The molecule has 1 unspecified atom stereocenters. The minimum atomic E-state index is -2.10. The molecule has 66 valence electrons. The average molecular weight is 183 g/mol. The van der Waals surface area contributed by atoms with E-state index < -0.39 is 11.1 Å². The first-order valence-electron chi connectivity index (χ1n) is 3.84. The Bertz CT molecular complexity index is 307. The molecule has 0 saturated heterocycles. The SMILES string of the molecule is CCc1ccc(S(=O)[O-])c(C)c1. The van der Waals surface area contributed by atoms with Crippen molar-refractivity contribution < 1.29 is 8.76 Å². The van der Waals surface area contributed by atoms with Crippen LogP contribution in [0, 0.1) is 6.92 Å². The molecule has 0 radical (unpaired) electrons. The summed E-state index contributed by atoms with van der Waals surface area (Å²) in [5.41, 5.74) is 1.99. The zero-order valence-electron chi connectivity index (χ0n) is 7.16. The van der Waals surface area contributed by atoms with Gasteiger partial charge >= 0.3 is 0 Å². The van der Waals surface area contributed by atoms with Crippen LogP contribution in [0.1, 0.15) is 18.1 Å². The van der Waals surface area contributed by atoms with Gasteiger partial charge in [-0.15, -0.1) is 0 Å². The summed E-state index contributed by atoms with van der Waals surface area (Å²) in [6.45, 7) is 3.85. The van der Waals surface area contributed by atoms with Gasteiger partial charge in [0.1, 0.15) is 0 Å². The second-order valence-corrected chi connectivity index (χ2v) is 3.60. The van der Waals surface area contributed by atoms with Gasteiger partial charge in [-0.2, -0.15) is 0 Å². The quantitative estimate of drug-likeness (QED) is 0.656. The lowest BCUT2D eigenvalue weighted by molar-refractivity contribution is 0.536. The van der Waals surface area contributed by atoms with Crippen LogP contribution >= 0.6 is 0 Å². The van der Waals surface area contributed by atoms with Crippen molar-refractivity contribution in [3.8, 4) is 0 Å². The van der Waals surface area contributed by atoms with Gasteiger partial charge in [0, 0.05) is 4.90 Å². The number of aryl methyl sites for hydroxylation is 2. The van der Waals surface area contributed by atoms with Crippen molar-refractivity contribution in [3.63, 3.8) is 0 Å². The molecule has 0 saturated carbocycles. The highest BCUT2D eigenvalue weighted by Crippen LogP contribution is 2.13. The molecule has 0 amide bonds. The van der Waals surface area contributed by atoms with Gasteiger partial charge in [-0.3, -0.25) is 4.21 Å². The molecule has 0 aliphatic rings. The van der Waals surface area contributed by atoms with E-state index in [4.69, 9.17) is 0 Å². The molecule has 1 aromatic carbocycles. The molecule has 2 nitrogen and oxygen atoms in total. The summed E-state index contributed by atoms with van der Waals surface area (Å²) in [6.07, 6.45) is 0.937. The van der Waals surface area contributed by atoms with Crippen LogP contribution in [-0.2, 0) is 17.5 Å². The van der Waals surface area contributed by atoms with E-state index in [-0.39, 0.29) is 0 Å². The summed E-state index contributed by atoms with van der Waals surface area (Å²) in [5, 5.41) is 0. The highest BCUT2D eigenvalue weighted by atomic mass is 32.2. The van der Waals surface area contributed by atoms with Gasteiger partial charge in [0.05, 0.1) is 0 Å². The molecule has 1 atom stereocenters. The first-order chi connectivity index (χ1) is 5.65. The van der Waals surface area contributed by atoms with Crippen molar-refractivity contribution in [2.45, 2.75) is 25.2 Å². The van der Waals surface area contributed by atoms with Crippen LogP contribution in [-0.4, -0.2) is 8.76 Å². The lowest BCUT2D eigenvalue weighted by Crippen LogP contribution is -1.93. The van der Waals surface area contributed by atoms with Gasteiger partial charge in [-0.25, -0.2) is 0 Å². The van der Waals surface area contributed by atoms with Crippen molar-refractivity contribution in [1.82, 2.24) is 0 Å². The maximum atomic E-state index is 10.6. The van der Waals surface area contributed by atoms with Gasteiger partial charge in [-0.05, 0) is 41.6 Å². The minimum Gasteiger partial charge on any atom is -0.768 e. The van der Waals surface area contributed by atoms with E-state index in [0.717, 1.165) is 12.0 Å². The third-order valence-corrected chi connectivity index (χ3v) is 2.64. The van der Waals surface area contributed by atoms with E-state index in [1.54, 1.807) is 6.07 Å². The maximum absolute atomic E-state index is 10.6. The first kappa shape index (κ1) is 9.42. The van der Waals surface area contributed by atoms with Crippen molar-refractivity contribution in [1.29, 1.82) is 0 Å². The number of rotatable bonds is 2. The van der Waals surface area contributed by atoms with E-state index in [0.29, 0.717) is 4.90 Å². The van der Waals surface area contributed by atoms with Crippen LogP contribution in [0.15, 0.2) is 23.1 Å². The number of hydrogen-bond donors (Lipinski definition) is 0. The van der Waals surface area contributed by atoms with Crippen molar-refractivity contribution in [2.75, 3.05) is 0 Å². The third kappa shape index (κ3) is 1.93. The van der Waals surface area contributed by atoms with Crippen LogP contribution in [0.25, 0.3) is 0 Å². The van der Waals surface area contributed by atoms with E-state index in [1.165, 1.54) is 5.56 Å². The number of hydrogen-bond acceptors (Lipinski definition) is 2.